The molecular formula is C30H50N6O11S. The lowest BCUT2D eigenvalue weighted by Gasteiger charge is -2.29. The van der Waals surface area contributed by atoms with Gasteiger partial charge in [0.05, 0.1) is 52.3 Å². The molecule has 6 amide bonds. The highest BCUT2D eigenvalue weighted by Crippen LogP contribution is 2.43. The molecule has 3 saturated heterocycles. The first-order chi connectivity index (χ1) is 23.1. The Labute approximate surface area is 284 Å². The number of hydroxylamine groups is 2. The number of urea groups is 1. The molecule has 0 saturated carbocycles. The zero-order chi connectivity index (χ0) is 34.8. The van der Waals surface area contributed by atoms with E-state index in [0.29, 0.717) is 90.0 Å². The smallest absolute Gasteiger partial charge is 0.333 e. The fourth-order valence-corrected chi connectivity index (χ4v) is 7.08. The minimum absolute atomic E-state index is 0.0546. The first kappa shape index (κ1) is 39.4. The van der Waals surface area contributed by atoms with E-state index in [-0.39, 0.29) is 48.4 Å². The third kappa shape index (κ3) is 13.5. The molecule has 0 bridgehead atoms. The van der Waals surface area contributed by atoms with Gasteiger partial charge in [0, 0.05) is 43.9 Å². The molecule has 4 atom stereocenters. The molecular weight excluding hydrogens is 652 g/mol. The minimum Gasteiger partial charge on any atom is -0.377 e. The Hall–Kier alpha value is -3.03. The second kappa shape index (κ2) is 21.1. The van der Waals surface area contributed by atoms with Gasteiger partial charge < -0.3 is 51.2 Å². The van der Waals surface area contributed by atoms with E-state index < -0.39 is 28.9 Å². The highest BCUT2D eigenvalue weighted by Gasteiger charge is 2.59. The van der Waals surface area contributed by atoms with Crippen molar-refractivity contribution in [2.24, 2.45) is 11.5 Å². The van der Waals surface area contributed by atoms with Gasteiger partial charge in [-0.1, -0.05) is 19.3 Å². The Bertz CT molecular complexity index is 1090. The number of carbonyl (C=O) groups is 6. The Balaban J connectivity index is 1.08. The van der Waals surface area contributed by atoms with Crippen molar-refractivity contribution in [3.8, 4) is 0 Å². The lowest BCUT2D eigenvalue weighted by Crippen LogP contribution is -2.62. The molecule has 0 aliphatic carbocycles. The quantitative estimate of drug-likeness (QED) is 0.0452. The van der Waals surface area contributed by atoms with Crippen molar-refractivity contribution in [2.75, 3.05) is 52.8 Å². The Morgan fingerprint density at radius 2 is 1.44 bits per heavy atom. The third-order valence-electron chi connectivity index (χ3n) is 7.90. The first-order valence-corrected chi connectivity index (χ1v) is 17.5. The van der Waals surface area contributed by atoms with Crippen LogP contribution in [-0.4, -0.2) is 116 Å². The number of nitrogens with zero attached hydrogens (tertiary/aromatic N) is 1. The summed E-state index contributed by atoms with van der Waals surface area (Å²) in [4.78, 5) is 74.4. The third-order valence-corrected chi connectivity index (χ3v) is 9.53. The molecule has 1 unspecified atom stereocenters. The van der Waals surface area contributed by atoms with Gasteiger partial charge in [0.2, 0.25) is 11.8 Å². The van der Waals surface area contributed by atoms with E-state index in [2.05, 4.69) is 16.0 Å². The van der Waals surface area contributed by atoms with Crippen molar-refractivity contribution in [3.05, 3.63) is 0 Å². The van der Waals surface area contributed by atoms with Gasteiger partial charge in [-0.3, -0.25) is 19.2 Å². The molecule has 0 spiro atoms. The predicted molar refractivity (Wildman–Crippen MR) is 172 cm³/mol. The zero-order valence-corrected chi connectivity index (χ0v) is 28.2. The van der Waals surface area contributed by atoms with E-state index in [1.165, 1.54) is 0 Å². The summed E-state index contributed by atoms with van der Waals surface area (Å²) in [5.74, 6) is -2.00. The van der Waals surface area contributed by atoms with E-state index in [9.17, 15) is 28.8 Å². The van der Waals surface area contributed by atoms with Gasteiger partial charge in [0.15, 0.2) is 0 Å². The molecule has 0 aromatic carbocycles. The molecule has 3 rings (SSSR count). The number of primary amides is 1. The van der Waals surface area contributed by atoms with Gasteiger partial charge >= 0.3 is 12.0 Å². The van der Waals surface area contributed by atoms with Crippen LogP contribution < -0.4 is 27.4 Å². The number of hydrogen-bond acceptors (Lipinski definition) is 13. The molecule has 3 aliphatic heterocycles. The summed E-state index contributed by atoms with van der Waals surface area (Å²) in [6, 6.07) is -0.597. The summed E-state index contributed by atoms with van der Waals surface area (Å²) in [5, 5.41) is 9.09. The molecule has 0 aromatic rings. The maximum Gasteiger partial charge on any atom is 0.333 e. The van der Waals surface area contributed by atoms with Gasteiger partial charge in [-0.25, -0.2) is 9.59 Å². The maximum atomic E-state index is 12.0. The van der Waals surface area contributed by atoms with Crippen LogP contribution in [0.1, 0.15) is 77.0 Å². The van der Waals surface area contributed by atoms with Crippen LogP contribution in [0.2, 0.25) is 0 Å². The van der Waals surface area contributed by atoms with Crippen LogP contribution in [-0.2, 0) is 47.8 Å². The summed E-state index contributed by atoms with van der Waals surface area (Å²) in [6.07, 6.45) is 5.92. The predicted octanol–water partition coefficient (Wildman–Crippen LogP) is -0.0596. The number of fused-ring (bicyclic) bond motifs is 1. The fourth-order valence-electron chi connectivity index (χ4n) is 5.40. The topological polar surface area (TPSA) is 240 Å². The van der Waals surface area contributed by atoms with Crippen molar-refractivity contribution in [2.45, 2.75) is 99.4 Å². The summed E-state index contributed by atoms with van der Waals surface area (Å²) in [5.41, 5.74) is 10.3. The Morgan fingerprint density at radius 1 is 0.833 bits per heavy atom. The van der Waals surface area contributed by atoms with Gasteiger partial charge in [0.25, 0.3) is 11.8 Å². The molecule has 18 heteroatoms. The number of carbonyl (C=O) groups excluding carboxylic acids is 6. The number of rotatable bonds is 26. The largest absolute Gasteiger partial charge is 0.377 e. The summed E-state index contributed by atoms with van der Waals surface area (Å²) >= 11 is 1.57. The number of unbranched alkanes of at least 4 members (excludes halogenated alkanes) is 4. The van der Waals surface area contributed by atoms with Gasteiger partial charge in [0.1, 0.15) is 11.1 Å². The molecule has 3 heterocycles. The molecule has 7 N–H and O–H groups in total. The van der Waals surface area contributed by atoms with Crippen LogP contribution >= 0.6 is 11.8 Å². The zero-order valence-electron chi connectivity index (χ0n) is 27.4. The molecule has 0 radical (unpaired) electrons. The highest BCUT2D eigenvalue weighted by atomic mass is 32.2. The van der Waals surface area contributed by atoms with Gasteiger partial charge in [-0.05, 0) is 25.7 Å². The van der Waals surface area contributed by atoms with Gasteiger partial charge in [-0.15, -0.1) is 16.8 Å². The average Bonchev–Trinajstić information content (AvgIpc) is 3.62. The van der Waals surface area contributed by atoms with E-state index in [1.807, 2.05) is 0 Å². The molecule has 17 nitrogen and oxygen atoms in total. The van der Waals surface area contributed by atoms with Crippen LogP contribution in [0.4, 0.5) is 4.79 Å². The van der Waals surface area contributed by atoms with Crippen molar-refractivity contribution in [1.29, 1.82) is 0 Å². The van der Waals surface area contributed by atoms with Crippen molar-refractivity contribution in [1.82, 2.24) is 21.0 Å². The number of imide groups is 1. The lowest BCUT2D eigenvalue weighted by atomic mass is 9.97. The standard InChI is InChI=1S/C30H50N6O11S/c31-22(37)8-6-5-7-21-27-30(32,35-29(42)34-27)28(48-21)46-20-19-45-18-17-44-16-15-43-14-13-33-23(38)9-3-1-2-4-10-26(41)47-36-24(39)11-12-25(36)40/h21,27-28H,1-20,32H2,(H2,31,37)(H,33,38)(H2,34,35,42)/t21?,27-,28-,30-/m1/s1. The second-order valence-electron chi connectivity index (χ2n) is 11.7. The second-order valence-corrected chi connectivity index (χ2v) is 13.1. The summed E-state index contributed by atoms with van der Waals surface area (Å²) in [6.45, 7) is 2.90. The molecule has 48 heavy (non-hydrogen) atoms. The van der Waals surface area contributed by atoms with Crippen molar-refractivity contribution < 1.29 is 52.6 Å². The molecule has 3 aliphatic rings. The van der Waals surface area contributed by atoms with Gasteiger partial charge in [-0.2, -0.15) is 0 Å². The van der Waals surface area contributed by atoms with Crippen LogP contribution in [0.5, 0.6) is 0 Å². The number of thioether (sulfide) groups is 1. The monoisotopic (exact) mass is 702 g/mol. The summed E-state index contributed by atoms with van der Waals surface area (Å²) in [7, 11) is 0. The van der Waals surface area contributed by atoms with E-state index >= 15 is 0 Å². The lowest BCUT2D eigenvalue weighted by molar-refractivity contribution is -0.197. The Morgan fingerprint density at radius 3 is 2.10 bits per heavy atom. The van der Waals surface area contributed by atoms with E-state index in [4.69, 9.17) is 35.3 Å². The maximum absolute atomic E-state index is 12.0. The van der Waals surface area contributed by atoms with Crippen molar-refractivity contribution >= 4 is 47.4 Å². The minimum atomic E-state index is -1.02. The Kier molecular flexibility index (Phi) is 17.4. The van der Waals surface area contributed by atoms with Crippen LogP contribution in [0.3, 0.4) is 0 Å². The highest BCUT2D eigenvalue weighted by molar-refractivity contribution is 8.00. The number of ether oxygens (including phenoxy) is 4. The van der Waals surface area contributed by atoms with Crippen LogP contribution in [0.15, 0.2) is 0 Å². The average molecular weight is 703 g/mol. The normalized spacial score (nSPS) is 23.2. The van der Waals surface area contributed by atoms with E-state index in [1.54, 1.807) is 11.8 Å². The summed E-state index contributed by atoms with van der Waals surface area (Å²) < 4.78 is 22.5. The van der Waals surface area contributed by atoms with E-state index in [0.717, 1.165) is 25.7 Å². The molecule has 3 fully saturated rings. The van der Waals surface area contributed by atoms with Crippen LogP contribution in [0, 0.1) is 0 Å². The number of amides is 6. The number of hydrogen-bond donors (Lipinski definition) is 5. The molecule has 272 valence electrons. The van der Waals surface area contributed by atoms with Crippen LogP contribution in [0.25, 0.3) is 0 Å². The SMILES string of the molecule is NC(=O)CCCCC1S[C@@H](OCCOCCOCCOCCNC(=O)CCCCCCC(=O)ON2C(=O)CCC2=O)[C@]2(N)NC(=O)N[C@H]12. The first-order valence-electron chi connectivity index (χ1n) is 16.6. The number of nitrogens with two attached hydrogens (primary N) is 2. The molecule has 0 aromatic heterocycles. The fraction of sp³-hybridized carbons (Fsp3) is 0.800. The van der Waals surface area contributed by atoms with Crippen molar-refractivity contribution in [3.63, 3.8) is 0 Å². The number of nitrogens with one attached hydrogen (secondary N) is 3.